The van der Waals surface area contributed by atoms with E-state index in [-0.39, 0.29) is 0 Å². The number of aliphatic carboxylic acids is 1. The third kappa shape index (κ3) is 15.8. The number of aliphatic hydroxyl groups is 21. The van der Waals surface area contributed by atoms with Crippen LogP contribution in [0.15, 0.2) is 48.5 Å². The highest BCUT2D eigenvalue weighted by molar-refractivity contribution is 5.76. The Morgan fingerprint density at radius 1 is 0.337 bits per heavy atom. The zero-order valence-electron chi connectivity index (χ0n) is 50.2. The summed E-state index contributed by atoms with van der Waals surface area (Å²) in [4.78, 5) is 10.8. The highest BCUT2D eigenvalue weighted by Gasteiger charge is 2.59. The molecule has 0 saturated carbocycles. The van der Waals surface area contributed by atoms with Gasteiger partial charge in [0, 0.05) is 5.56 Å². The second-order valence-electron chi connectivity index (χ2n) is 23.8. The van der Waals surface area contributed by atoms with Crippen LogP contribution in [0.2, 0.25) is 0 Å². The van der Waals surface area contributed by atoms with Crippen molar-refractivity contribution in [3.63, 3.8) is 0 Å². The van der Waals surface area contributed by atoms with Crippen molar-refractivity contribution >= 4 is 5.97 Å². The van der Waals surface area contributed by atoms with Gasteiger partial charge >= 0.3 is 5.97 Å². The maximum Gasteiger partial charge on any atom is 0.310 e. The van der Waals surface area contributed by atoms with Crippen LogP contribution in [0, 0.1) is 5.82 Å². The Kier molecular flexibility index (Phi) is 26.1. The third-order valence-corrected chi connectivity index (χ3v) is 17.7. The van der Waals surface area contributed by atoms with E-state index in [4.69, 9.17) is 71.4 Å². The lowest BCUT2D eigenvalue weighted by Gasteiger charge is -2.50. The number of ether oxygens (including phenoxy) is 14. The van der Waals surface area contributed by atoms with Crippen LogP contribution in [-0.2, 0) is 71.1 Å². The monoisotopic (exact) mass is 1380 g/mol. The lowest BCUT2D eigenvalue weighted by molar-refractivity contribution is -0.396. The van der Waals surface area contributed by atoms with Crippen molar-refractivity contribution in [3.8, 4) is 11.1 Å². The second kappa shape index (κ2) is 32.8. The van der Waals surface area contributed by atoms with Gasteiger partial charge in [-0.1, -0.05) is 42.5 Å². The Balaban J connectivity index is 0.000000506. The van der Waals surface area contributed by atoms with Crippen LogP contribution in [-0.4, -0.2) is 380 Å². The molecule has 1 unspecified atom stereocenters. The number of carboxylic acids is 1. The van der Waals surface area contributed by atoms with Crippen LogP contribution in [0.1, 0.15) is 18.4 Å². The molecular weight excluding hydrogens is 1300 g/mol. The summed E-state index contributed by atoms with van der Waals surface area (Å²) in [5, 5.41) is 239. The Bertz CT molecular complexity index is 2350. The summed E-state index contributed by atoms with van der Waals surface area (Å²) in [7, 11) is 0. The quantitative estimate of drug-likeness (QED) is 0.105. The van der Waals surface area contributed by atoms with Gasteiger partial charge in [0.2, 0.25) is 0 Å². The molecule has 21 saturated heterocycles. The van der Waals surface area contributed by atoms with Gasteiger partial charge < -0.3 is 179 Å². The van der Waals surface area contributed by atoms with Crippen LogP contribution < -0.4 is 0 Å². The predicted octanol–water partition coefficient (Wildman–Crippen LogP) is -11.5. The predicted molar refractivity (Wildman–Crippen MR) is 296 cm³/mol. The van der Waals surface area contributed by atoms with E-state index in [9.17, 15) is 116 Å². The van der Waals surface area contributed by atoms with Crippen LogP contribution in [0.25, 0.3) is 11.1 Å². The van der Waals surface area contributed by atoms with Gasteiger partial charge in [-0.05, 0) is 24.1 Å². The molecule has 95 heavy (non-hydrogen) atoms. The van der Waals surface area contributed by atoms with E-state index >= 15 is 0 Å². The zero-order chi connectivity index (χ0) is 69.2. The van der Waals surface area contributed by atoms with Crippen molar-refractivity contribution in [1.82, 2.24) is 0 Å². The molecule has 23 rings (SSSR count). The first kappa shape index (κ1) is 75.6. The van der Waals surface area contributed by atoms with Crippen molar-refractivity contribution in [3.05, 3.63) is 59.9 Å². The summed E-state index contributed by atoms with van der Waals surface area (Å²) in [6, 6.07) is 13.7. The van der Waals surface area contributed by atoms with Crippen molar-refractivity contribution in [2.24, 2.45) is 0 Å². The summed E-state index contributed by atoms with van der Waals surface area (Å²) in [5.74, 6) is -2.06. The number of benzene rings is 2. The molecule has 2 aromatic rings. The zero-order valence-corrected chi connectivity index (χ0v) is 50.2. The Labute approximate surface area is 537 Å². The standard InChI is InChI=1S/C42H70O35.C15H13FO2/c43-1-8-29-15(50)22(57)36(64-8)72-30-9(2-44)66-38(24(59)17(30)52)74-32-11(4-46)68-40(26(61)19(32)54)76-34-13(6-48)70-42(28(63)21(34)56)77-35-14(7-49)69-41(27(62)20(35)55)75-33-12(5-47)67-39(25(60)18(33)53)73-31-10(3-45)65-37(71-29)23(58)16(31)51;1-10(15(17)18)12-7-8-13(14(16)9-12)11-5-3-2-4-6-11/h8-63H,1-7H2;2-10H,1H3,(H,17,18)/t8-,9-,10-,11-,12-,13-,14-,15-,16-,17-,18-,19-,20-,21-,22-,23-,24-,25-,26-,27-,28-,29-,30-,31-,32-,33-,34-,35-,36-,37-,38-,39-,40-,41-,42-;/m1./s1. The SMILES string of the molecule is CC(C(=O)O)c1ccc(-c2ccccc2)c(F)c1.OC[C@H]1O[C@@H]2O[C@H]3[C@H](O)[C@@H](O)[C@@H](O[C@H]4[C@H](O)[C@@H](O)[C@@H](O[C@H]5[C@H](O)[C@@H](O)[C@@H](O[C@H]6[C@H](O)[C@@H](O)[C@@H](O[C@H]7[C@H](O)[C@@H](O)[C@@H](O[C@H]8[C@H](O)[C@@H](O)[C@@H](O[C@H]1[C@H](O)[C@H]2O)O[C@@H]8CO)O[C@@H]7CO)O[C@@H]6CO)O[C@@H]5CO)O[C@@H]4CO)O[C@@H]3CO. The van der Waals surface area contributed by atoms with Gasteiger partial charge in [-0.25, -0.2) is 4.39 Å². The minimum Gasteiger partial charge on any atom is -0.481 e. The molecule has 0 spiro atoms. The van der Waals surface area contributed by atoms with Crippen molar-refractivity contribution in [2.75, 3.05) is 46.2 Å². The van der Waals surface area contributed by atoms with Crippen LogP contribution in [0.5, 0.6) is 0 Å². The topological polar surface area (TPSA) is 591 Å². The van der Waals surface area contributed by atoms with Gasteiger partial charge in [-0.15, -0.1) is 0 Å². The Hall–Kier alpha value is -3.56. The van der Waals surface area contributed by atoms with Gasteiger partial charge in [0.05, 0.1) is 52.2 Å². The highest BCUT2D eigenvalue weighted by Crippen LogP contribution is 2.39. The fourth-order valence-electron chi connectivity index (χ4n) is 12.2. The van der Waals surface area contributed by atoms with E-state index < -0.39 is 279 Å². The number of carbonyl (C=O) groups is 1. The molecule has 0 aliphatic carbocycles. The summed E-state index contributed by atoms with van der Waals surface area (Å²) < 4.78 is 93.4. The third-order valence-electron chi connectivity index (χ3n) is 17.7. The average Bonchev–Trinajstić information content (AvgIpc) is 0.799. The van der Waals surface area contributed by atoms with Gasteiger partial charge in [0.1, 0.15) is 177 Å². The summed E-state index contributed by atoms with van der Waals surface area (Å²) >= 11 is 0. The fourth-order valence-corrected chi connectivity index (χ4v) is 12.2. The molecule has 21 fully saturated rings. The number of hydrogen-bond acceptors (Lipinski definition) is 36. The van der Waals surface area contributed by atoms with Crippen molar-refractivity contribution in [1.29, 1.82) is 0 Å². The lowest BCUT2D eigenvalue weighted by atomic mass is 9.95. The van der Waals surface area contributed by atoms with Gasteiger partial charge in [-0.3, -0.25) is 4.79 Å². The Morgan fingerprint density at radius 2 is 0.547 bits per heavy atom. The van der Waals surface area contributed by atoms with E-state index in [0.29, 0.717) is 11.1 Å². The molecule has 21 heterocycles. The molecule has 0 amide bonds. The fraction of sp³-hybridized carbons (Fsp3) is 0.772. The lowest BCUT2D eigenvalue weighted by Crippen LogP contribution is -2.68. The largest absolute Gasteiger partial charge is 0.481 e. The molecule has 38 heteroatoms. The molecule has 540 valence electrons. The van der Waals surface area contributed by atoms with Crippen LogP contribution in [0.3, 0.4) is 0 Å². The van der Waals surface area contributed by atoms with Gasteiger partial charge in [-0.2, -0.15) is 0 Å². The van der Waals surface area contributed by atoms with E-state index in [1.165, 1.54) is 6.07 Å². The second-order valence-corrected chi connectivity index (χ2v) is 23.8. The molecule has 22 N–H and O–H groups in total. The first-order valence-corrected chi connectivity index (χ1v) is 30.3. The maximum atomic E-state index is 14.0. The summed E-state index contributed by atoms with van der Waals surface area (Å²) in [6.45, 7) is -5.79. The van der Waals surface area contributed by atoms with Gasteiger partial charge in [0.25, 0.3) is 0 Å². The molecule has 21 aliphatic rings. The Morgan fingerprint density at radius 3 is 0.726 bits per heavy atom. The number of halogens is 1. The van der Waals surface area contributed by atoms with Gasteiger partial charge in [0.15, 0.2) is 44.0 Å². The number of hydrogen-bond donors (Lipinski definition) is 22. The molecule has 14 bridgehead atoms. The summed E-state index contributed by atoms with van der Waals surface area (Å²) in [5.41, 5.74) is 1.74. The number of rotatable bonds is 10. The highest BCUT2D eigenvalue weighted by atomic mass is 19.1. The van der Waals surface area contributed by atoms with Crippen molar-refractivity contribution in [2.45, 2.75) is 228 Å². The van der Waals surface area contributed by atoms with E-state index in [1.807, 2.05) is 30.3 Å². The minimum atomic E-state index is -2.21. The number of aliphatic hydroxyl groups excluding tert-OH is 21. The van der Waals surface area contributed by atoms with E-state index in [1.54, 1.807) is 19.1 Å². The maximum absolute atomic E-state index is 14.0. The first-order valence-electron chi connectivity index (χ1n) is 30.3. The average molecular weight is 1380 g/mol. The van der Waals surface area contributed by atoms with Crippen LogP contribution >= 0.6 is 0 Å². The smallest absolute Gasteiger partial charge is 0.310 e. The summed E-state index contributed by atoms with van der Waals surface area (Å²) in [6.07, 6.45) is -70.2. The molecule has 0 aromatic heterocycles. The molecule has 2 aromatic carbocycles. The van der Waals surface area contributed by atoms with E-state index in [2.05, 4.69) is 0 Å². The first-order chi connectivity index (χ1) is 45.2. The molecule has 36 atom stereocenters. The molecule has 21 aliphatic heterocycles. The molecule has 0 radical (unpaired) electrons. The van der Waals surface area contributed by atoms with Crippen LogP contribution in [0.4, 0.5) is 4.39 Å². The van der Waals surface area contributed by atoms with Crippen molar-refractivity contribution < 1.29 is 188 Å². The molecule has 37 nitrogen and oxygen atoms in total. The van der Waals surface area contributed by atoms with E-state index in [0.717, 1.165) is 5.56 Å². The minimum absolute atomic E-state index is 0.396. The normalized spacial score (nSPS) is 47.2. The molecular formula is C57H83FO37. The number of carboxylic acid groups (broad SMARTS) is 1.